The molecule has 136 valence electrons. The van der Waals surface area contributed by atoms with E-state index in [-0.39, 0.29) is 6.04 Å². The van der Waals surface area contributed by atoms with E-state index >= 15 is 0 Å². The molecule has 2 aromatic rings. The van der Waals surface area contributed by atoms with Gasteiger partial charge in [-0.05, 0) is 44.5 Å². The van der Waals surface area contributed by atoms with E-state index in [4.69, 9.17) is 4.42 Å². The summed E-state index contributed by atoms with van der Waals surface area (Å²) >= 11 is 0. The first-order valence-corrected chi connectivity index (χ1v) is 10.2. The summed E-state index contributed by atoms with van der Waals surface area (Å²) in [6, 6.07) is 6.98. The van der Waals surface area contributed by atoms with Gasteiger partial charge in [0.15, 0.2) is 5.89 Å². The first kappa shape index (κ1) is 18.1. The van der Waals surface area contributed by atoms with Gasteiger partial charge in [0.2, 0.25) is 10.0 Å². The molecule has 1 aromatic heterocycles. The Bertz CT molecular complexity index is 793. The van der Waals surface area contributed by atoms with Gasteiger partial charge in [0.05, 0.1) is 4.90 Å². The van der Waals surface area contributed by atoms with Crippen molar-refractivity contribution in [3.63, 3.8) is 0 Å². The molecule has 2 heterocycles. The lowest BCUT2D eigenvalue weighted by Gasteiger charge is -2.33. The molecule has 0 radical (unpaired) electrons. The molecule has 7 heteroatoms. The first-order chi connectivity index (χ1) is 12.0. The lowest BCUT2D eigenvalue weighted by molar-refractivity contribution is 0.262. The molecule has 1 saturated heterocycles. The predicted molar refractivity (Wildman–Crippen MR) is 96.8 cm³/mol. The van der Waals surface area contributed by atoms with Gasteiger partial charge in [-0.3, -0.25) is 0 Å². The highest BCUT2D eigenvalue weighted by Gasteiger charge is 2.31. The lowest BCUT2D eigenvalue weighted by Crippen LogP contribution is -2.46. The van der Waals surface area contributed by atoms with E-state index in [0.29, 0.717) is 23.0 Å². The minimum Gasteiger partial charge on any atom is -0.449 e. The maximum Gasteiger partial charge on any atom is 0.243 e. The van der Waals surface area contributed by atoms with Crippen LogP contribution in [0.15, 0.2) is 39.8 Å². The first-order valence-electron chi connectivity index (χ1n) is 8.77. The normalized spacial score (nSPS) is 16.4. The fraction of sp³-hybridized carbons (Fsp3) is 0.500. The molecule has 0 atom stereocenters. The van der Waals surface area contributed by atoms with Gasteiger partial charge < -0.3 is 9.73 Å². The predicted octanol–water partition coefficient (Wildman–Crippen LogP) is 2.80. The van der Waals surface area contributed by atoms with E-state index in [0.717, 1.165) is 37.9 Å². The van der Waals surface area contributed by atoms with Crippen molar-refractivity contribution in [3.05, 3.63) is 36.4 Å². The van der Waals surface area contributed by atoms with Crippen molar-refractivity contribution in [2.75, 3.05) is 19.6 Å². The van der Waals surface area contributed by atoms with Crippen LogP contribution in [-0.2, 0) is 10.0 Å². The second kappa shape index (κ2) is 7.68. The maximum absolute atomic E-state index is 13.1. The molecule has 0 saturated carbocycles. The topological polar surface area (TPSA) is 75.4 Å². The van der Waals surface area contributed by atoms with Gasteiger partial charge in [-0.15, -0.1) is 0 Å². The smallest absolute Gasteiger partial charge is 0.243 e. The molecule has 0 spiro atoms. The van der Waals surface area contributed by atoms with Crippen molar-refractivity contribution in [1.29, 1.82) is 0 Å². The van der Waals surface area contributed by atoms with Gasteiger partial charge in [-0.25, -0.2) is 13.4 Å². The van der Waals surface area contributed by atoms with E-state index in [9.17, 15) is 8.42 Å². The van der Waals surface area contributed by atoms with Crippen molar-refractivity contribution < 1.29 is 12.8 Å². The zero-order valence-electron chi connectivity index (χ0n) is 14.7. The van der Waals surface area contributed by atoms with Crippen molar-refractivity contribution in [2.24, 2.45) is 0 Å². The number of sulfonamides is 1. The monoisotopic (exact) mass is 363 g/mol. The zero-order chi connectivity index (χ0) is 17.9. The molecule has 6 nitrogen and oxygen atoms in total. The molecule has 3 rings (SSSR count). The van der Waals surface area contributed by atoms with Crippen LogP contribution in [0, 0.1) is 6.92 Å². The van der Waals surface area contributed by atoms with E-state index in [2.05, 4.69) is 10.3 Å². The average molecular weight is 363 g/mol. The molecule has 0 bridgehead atoms. The molecule has 1 aromatic carbocycles. The van der Waals surface area contributed by atoms with Gasteiger partial charge in [0, 0.05) is 25.1 Å². The molecule has 1 fully saturated rings. The summed E-state index contributed by atoms with van der Waals surface area (Å²) < 4.78 is 33.2. The summed E-state index contributed by atoms with van der Waals surface area (Å²) in [5, 5.41) is 3.29. The third-order valence-corrected chi connectivity index (χ3v) is 6.50. The van der Waals surface area contributed by atoms with Crippen LogP contribution in [0.5, 0.6) is 0 Å². The van der Waals surface area contributed by atoms with E-state index in [1.807, 2.05) is 6.92 Å². The summed E-state index contributed by atoms with van der Waals surface area (Å²) in [5.41, 5.74) is 1.56. The van der Waals surface area contributed by atoms with Crippen LogP contribution < -0.4 is 5.32 Å². The summed E-state index contributed by atoms with van der Waals surface area (Å²) in [4.78, 5) is 4.61. The van der Waals surface area contributed by atoms with Crippen molar-refractivity contribution in [3.8, 4) is 11.3 Å². The summed E-state index contributed by atoms with van der Waals surface area (Å²) in [6.45, 7) is 6.08. The molecule has 0 amide bonds. The van der Waals surface area contributed by atoms with Gasteiger partial charge in [-0.1, -0.05) is 19.1 Å². The van der Waals surface area contributed by atoms with Crippen LogP contribution in [0.2, 0.25) is 0 Å². The Morgan fingerprint density at radius 1 is 1.24 bits per heavy atom. The number of piperidine rings is 1. The summed E-state index contributed by atoms with van der Waals surface area (Å²) in [5.74, 6) is 0.590. The minimum absolute atomic E-state index is 0.0732. The van der Waals surface area contributed by atoms with Crippen molar-refractivity contribution in [1.82, 2.24) is 14.6 Å². The number of aryl methyl sites for hydroxylation is 1. The summed E-state index contributed by atoms with van der Waals surface area (Å²) in [7, 11) is -3.49. The van der Waals surface area contributed by atoms with Crippen LogP contribution in [0.4, 0.5) is 0 Å². The van der Waals surface area contributed by atoms with E-state index in [1.165, 1.54) is 0 Å². The van der Waals surface area contributed by atoms with Crippen LogP contribution in [0.3, 0.4) is 0 Å². The lowest BCUT2D eigenvalue weighted by atomic mass is 10.1. The molecule has 25 heavy (non-hydrogen) atoms. The van der Waals surface area contributed by atoms with Crippen LogP contribution in [-0.4, -0.2) is 43.4 Å². The van der Waals surface area contributed by atoms with Crippen LogP contribution in [0.1, 0.15) is 32.1 Å². The SMILES string of the molecule is CCCN(C1CCNCC1)S(=O)(=O)c1ccc(-c2coc(C)n2)cc1. The van der Waals surface area contributed by atoms with Crippen LogP contribution in [0.25, 0.3) is 11.3 Å². The standard InChI is InChI=1S/C18H25N3O3S/c1-3-12-21(16-8-10-19-11-9-16)25(22,23)17-6-4-15(5-7-17)18-13-24-14(2)20-18/h4-7,13,16,19H,3,8-12H2,1-2H3. The Balaban J connectivity index is 1.86. The molecule has 1 aliphatic rings. The van der Waals surface area contributed by atoms with Crippen molar-refractivity contribution in [2.45, 2.75) is 44.0 Å². The van der Waals surface area contributed by atoms with Gasteiger partial charge >= 0.3 is 0 Å². The Morgan fingerprint density at radius 2 is 1.92 bits per heavy atom. The second-order valence-electron chi connectivity index (χ2n) is 6.37. The van der Waals surface area contributed by atoms with Gasteiger partial charge in [0.1, 0.15) is 12.0 Å². The second-order valence-corrected chi connectivity index (χ2v) is 8.26. The number of hydrogen-bond acceptors (Lipinski definition) is 5. The maximum atomic E-state index is 13.1. The molecular formula is C18H25N3O3S. The quantitative estimate of drug-likeness (QED) is 0.854. The highest BCUT2D eigenvalue weighted by atomic mass is 32.2. The number of nitrogens with one attached hydrogen (secondary N) is 1. The van der Waals surface area contributed by atoms with Gasteiger partial charge in [0.25, 0.3) is 0 Å². The Morgan fingerprint density at radius 3 is 2.48 bits per heavy atom. The Hall–Kier alpha value is -1.70. The molecular weight excluding hydrogens is 338 g/mol. The number of benzene rings is 1. The summed E-state index contributed by atoms with van der Waals surface area (Å²) in [6.07, 6.45) is 4.10. The average Bonchev–Trinajstić information content (AvgIpc) is 3.07. The molecule has 1 aliphatic heterocycles. The van der Waals surface area contributed by atoms with Crippen molar-refractivity contribution >= 4 is 10.0 Å². The zero-order valence-corrected chi connectivity index (χ0v) is 15.6. The highest BCUT2D eigenvalue weighted by molar-refractivity contribution is 7.89. The third-order valence-electron chi connectivity index (χ3n) is 4.54. The molecule has 1 N–H and O–H groups in total. The van der Waals surface area contributed by atoms with E-state index in [1.54, 1.807) is 41.8 Å². The molecule has 0 unspecified atom stereocenters. The van der Waals surface area contributed by atoms with Gasteiger partial charge in [-0.2, -0.15) is 4.31 Å². The number of nitrogens with zero attached hydrogens (tertiary/aromatic N) is 2. The third kappa shape index (κ3) is 3.94. The number of rotatable bonds is 6. The van der Waals surface area contributed by atoms with E-state index < -0.39 is 10.0 Å². The number of oxazole rings is 1. The number of aromatic nitrogens is 1. The Labute approximate surface area is 149 Å². The fourth-order valence-electron chi connectivity index (χ4n) is 3.24. The number of hydrogen-bond donors (Lipinski definition) is 1. The largest absolute Gasteiger partial charge is 0.449 e. The van der Waals surface area contributed by atoms with Crippen LogP contribution >= 0.6 is 0 Å². The molecule has 0 aliphatic carbocycles. The fourth-order valence-corrected chi connectivity index (χ4v) is 5.02. The minimum atomic E-state index is -3.49. The Kier molecular flexibility index (Phi) is 5.56. The highest BCUT2D eigenvalue weighted by Crippen LogP contribution is 2.25.